The van der Waals surface area contributed by atoms with Gasteiger partial charge in [0.1, 0.15) is 16.9 Å². The number of rotatable bonds is 4. The molecule has 1 saturated heterocycles. The number of ether oxygens (including phenoxy) is 2. The van der Waals surface area contributed by atoms with Crippen molar-refractivity contribution in [2.45, 2.75) is 12.5 Å². The van der Waals surface area contributed by atoms with Crippen molar-refractivity contribution in [1.29, 1.82) is 0 Å². The first-order valence-electron chi connectivity index (χ1n) is 6.85. The van der Waals surface area contributed by atoms with Gasteiger partial charge in [-0.3, -0.25) is 4.79 Å². The molecule has 114 valence electrons. The molecule has 1 amide bonds. The third kappa shape index (κ3) is 3.52. The lowest BCUT2D eigenvalue weighted by Crippen LogP contribution is -2.17. The normalized spacial score (nSPS) is 17.2. The summed E-state index contributed by atoms with van der Waals surface area (Å²) in [4.78, 5) is 20.3. The zero-order valence-corrected chi connectivity index (χ0v) is 12.4. The summed E-state index contributed by atoms with van der Waals surface area (Å²) in [7, 11) is 0. The van der Waals surface area contributed by atoms with Crippen LogP contribution in [0.2, 0.25) is 5.02 Å². The molecular formula is C15H14ClN3O3. The number of pyridine rings is 2. The summed E-state index contributed by atoms with van der Waals surface area (Å²) in [5.74, 6) is 0.447. The van der Waals surface area contributed by atoms with E-state index in [4.69, 9.17) is 21.1 Å². The highest BCUT2D eigenvalue weighted by Crippen LogP contribution is 2.25. The lowest BCUT2D eigenvalue weighted by atomic mass is 10.2. The van der Waals surface area contributed by atoms with E-state index < -0.39 is 0 Å². The molecule has 3 heterocycles. The van der Waals surface area contributed by atoms with Crippen LogP contribution in [0.15, 0.2) is 36.7 Å². The second-order valence-electron chi connectivity index (χ2n) is 4.78. The Labute approximate surface area is 132 Å². The molecule has 0 aromatic carbocycles. The molecule has 1 atom stereocenters. The van der Waals surface area contributed by atoms with Crippen LogP contribution in [0.3, 0.4) is 0 Å². The fourth-order valence-corrected chi connectivity index (χ4v) is 2.24. The summed E-state index contributed by atoms with van der Waals surface area (Å²) in [6, 6.07) is 6.78. The minimum atomic E-state index is -0.330. The predicted molar refractivity (Wildman–Crippen MR) is 81.3 cm³/mol. The largest absolute Gasteiger partial charge is 0.471 e. The van der Waals surface area contributed by atoms with Crippen molar-refractivity contribution < 1.29 is 14.3 Å². The Kier molecular flexibility index (Phi) is 4.50. The Balaban J connectivity index is 1.69. The Morgan fingerprint density at radius 2 is 2.32 bits per heavy atom. The van der Waals surface area contributed by atoms with Crippen molar-refractivity contribution in [1.82, 2.24) is 9.97 Å². The van der Waals surface area contributed by atoms with Crippen LogP contribution in [-0.4, -0.2) is 35.2 Å². The van der Waals surface area contributed by atoms with Gasteiger partial charge in [-0.1, -0.05) is 17.7 Å². The van der Waals surface area contributed by atoms with E-state index in [1.807, 2.05) is 0 Å². The number of nitrogens with one attached hydrogen (secondary N) is 1. The maximum atomic E-state index is 12.1. The lowest BCUT2D eigenvalue weighted by molar-refractivity contribution is 0.102. The van der Waals surface area contributed by atoms with E-state index in [9.17, 15) is 4.79 Å². The minimum absolute atomic E-state index is 0.0433. The molecule has 1 unspecified atom stereocenters. The highest BCUT2D eigenvalue weighted by Gasteiger charge is 2.20. The van der Waals surface area contributed by atoms with Crippen LogP contribution in [0, 0.1) is 0 Å². The molecule has 2 aromatic heterocycles. The van der Waals surface area contributed by atoms with Gasteiger partial charge in [-0.15, -0.1) is 0 Å². The molecule has 2 aromatic rings. The highest BCUT2D eigenvalue weighted by atomic mass is 35.5. The summed E-state index contributed by atoms with van der Waals surface area (Å²) in [6.07, 6.45) is 3.79. The Bertz CT molecular complexity index is 660. The molecule has 0 saturated carbocycles. The number of amides is 1. The van der Waals surface area contributed by atoms with E-state index in [1.165, 1.54) is 12.3 Å². The van der Waals surface area contributed by atoms with Crippen LogP contribution < -0.4 is 10.1 Å². The number of carbonyl (C=O) groups is 1. The van der Waals surface area contributed by atoms with Crippen molar-refractivity contribution in [3.8, 4) is 5.88 Å². The molecule has 1 N–H and O–H groups in total. The minimum Gasteiger partial charge on any atom is -0.471 e. The van der Waals surface area contributed by atoms with Gasteiger partial charge in [0, 0.05) is 18.8 Å². The van der Waals surface area contributed by atoms with Crippen LogP contribution in [0.4, 0.5) is 5.82 Å². The topological polar surface area (TPSA) is 73.3 Å². The highest BCUT2D eigenvalue weighted by molar-refractivity contribution is 6.32. The smallest absolute Gasteiger partial charge is 0.258 e. The average Bonchev–Trinajstić information content (AvgIpc) is 3.03. The van der Waals surface area contributed by atoms with Gasteiger partial charge in [0.15, 0.2) is 0 Å². The summed E-state index contributed by atoms with van der Waals surface area (Å²) < 4.78 is 10.9. The molecule has 1 aliphatic heterocycles. The van der Waals surface area contributed by atoms with Gasteiger partial charge in [-0.25, -0.2) is 9.97 Å². The van der Waals surface area contributed by atoms with E-state index in [0.717, 1.165) is 6.42 Å². The lowest BCUT2D eigenvalue weighted by Gasteiger charge is -2.12. The summed E-state index contributed by atoms with van der Waals surface area (Å²) in [6.45, 7) is 1.20. The molecule has 0 spiro atoms. The third-order valence-electron chi connectivity index (χ3n) is 3.14. The van der Waals surface area contributed by atoms with Crippen LogP contribution in [-0.2, 0) is 4.74 Å². The van der Waals surface area contributed by atoms with Gasteiger partial charge in [0.2, 0.25) is 5.88 Å². The Hall–Kier alpha value is -2.18. The molecular weight excluding hydrogens is 306 g/mol. The maximum Gasteiger partial charge on any atom is 0.258 e. The maximum absolute atomic E-state index is 12.1. The van der Waals surface area contributed by atoms with E-state index in [0.29, 0.717) is 35.5 Å². The monoisotopic (exact) mass is 319 g/mol. The number of halogens is 1. The van der Waals surface area contributed by atoms with Crippen molar-refractivity contribution in [3.63, 3.8) is 0 Å². The molecule has 0 bridgehead atoms. The number of nitrogens with zero attached hydrogens (tertiary/aromatic N) is 2. The van der Waals surface area contributed by atoms with Gasteiger partial charge >= 0.3 is 0 Å². The fraction of sp³-hybridized carbons (Fsp3) is 0.267. The quantitative estimate of drug-likeness (QED) is 0.937. The van der Waals surface area contributed by atoms with Crippen LogP contribution in [0.5, 0.6) is 5.88 Å². The SMILES string of the molecule is O=C(Nc1ccccn1)c1cnc(OC2CCOC2)c(Cl)c1. The predicted octanol–water partition coefficient (Wildman–Crippen LogP) is 2.55. The average molecular weight is 320 g/mol. The standard InChI is InChI=1S/C15H14ClN3O3/c16-12-7-10(14(20)19-13-3-1-2-5-17-13)8-18-15(12)22-11-4-6-21-9-11/h1-3,5,7-8,11H,4,6,9H2,(H,17,19,20). The fourth-order valence-electron chi connectivity index (χ4n) is 2.03. The van der Waals surface area contributed by atoms with E-state index in [-0.39, 0.29) is 12.0 Å². The first-order chi connectivity index (χ1) is 10.7. The molecule has 6 nitrogen and oxygen atoms in total. The number of carbonyl (C=O) groups excluding carboxylic acids is 1. The van der Waals surface area contributed by atoms with E-state index in [2.05, 4.69) is 15.3 Å². The molecule has 0 aliphatic carbocycles. The van der Waals surface area contributed by atoms with Crippen molar-refractivity contribution in [2.75, 3.05) is 18.5 Å². The zero-order chi connectivity index (χ0) is 15.4. The van der Waals surface area contributed by atoms with Crippen molar-refractivity contribution in [2.24, 2.45) is 0 Å². The summed E-state index contributed by atoms with van der Waals surface area (Å²) >= 11 is 6.13. The summed E-state index contributed by atoms with van der Waals surface area (Å²) in [5, 5.41) is 2.96. The molecule has 7 heteroatoms. The van der Waals surface area contributed by atoms with E-state index >= 15 is 0 Å². The first-order valence-corrected chi connectivity index (χ1v) is 7.22. The molecule has 22 heavy (non-hydrogen) atoms. The van der Waals surface area contributed by atoms with Crippen LogP contribution in [0.1, 0.15) is 16.8 Å². The molecule has 1 aliphatic rings. The second kappa shape index (κ2) is 6.72. The number of hydrogen-bond acceptors (Lipinski definition) is 5. The van der Waals surface area contributed by atoms with Gasteiger partial charge < -0.3 is 14.8 Å². The molecule has 1 fully saturated rings. The number of anilines is 1. The van der Waals surface area contributed by atoms with Gasteiger partial charge in [0.05, 0.1) is 18.8 Å². The van der Waals surface area contributed by atoms with Gasteiger partial charge in [0.25, 0.3) is 5.91 Å². The Morgan fingerprint density at radius 3 is 3.00 bits per heavy atom. The molecule has 3 rings (SSSR count). The molecule has 0 radical (unpaired) electrons. The van der Waals surface area contributed by atoms with Gasteiger partial charge in [-0.05, 0) is 18.2 Å². The first kappa shape index (κ1) is 14.7. The summed E-state index contributed by atoms with van der Waals surface area (Å²) in [5.41, 5.74) is 0.339. The second-order valence-corrected chi connectivity index (χ2v) is 5.19. The zero-order valence-electron chi connectivity index (χ0n) is 11.7. The Morgan fingerprint density at radius 1 is 1.41 bits per heavy atom. The van der Waals surface area contributed by atoms with Crippen LogP contribution >= 0.6 is 11.6 Å². The number of hydrogen-bond donors (Lipinski definition) is 1. The van der Waals surface area contributed by atoms with Crippen molar-refractivity contribution >= 4 is 23.3 Å². The third-order valence-corrected chi connectivity index (χ3v) is 3.41. The van der Waals surface area contributed by atoms with Crippen LogP contribution in [0.25, 0.3) is 0 Å². The van der Waals surface area contributed by atoms with Gasteiger partial charge in [-0.2, -0.15) is 0 Å². The number of aromatic nitrogens is 2. The van der Waals surface area contributed by atoms with Crippen molar-refractivity contribution in [3.05, 3.63) is 47.2 Å². The van der Waals surface area contributed by atoms with E-state index in [1.54, 1.807) is 24.4 Å².